The van der Waals surface area contributed by atoms with Gasteiger partial charge in [0.15, 0.2) is 11.5 Å². The number of thioether (sulfide) groups is 1. The molecule has 122 valence electrons. The molecule has 1 aromatic rings. The summed E-state index contributed by atoms with van der Waals surface area (Å²) in [7, 11) is 3.04. The van der Waals surface area contributed by atoms with Crippen molar-refractivity contribution >= 4 is 23.6 Å². The maximum Gasteiger partial charge on any atom is 0.260 e. The molecule has 0 saturated carbocycles. The van der Waals surface area contributed by atoms with Gasteiger partial charge in [0.25, 0.3) is 5.91 Å². The summed E-state index contributed by atoms with van der Waals surface area (Å²) in [4.78, 5) is 26.8. The summed E-state index contributed by atoms with van der Waals surface area (Å²) in [6.45, 7) is 3.97. The van der Waals surface area contributed by atoms with E-state index in [2.05, 4.69) is 11.9 Å². The largest absolute Gasteiger partial charge is 0.493 e. The molecule has 2 aliphatic heterocycles. The minimum Gasteiger partial charge on any atom is -0.493 e. The number of methoxy groups -OCH3 is 2. The number of ether oxygens (including phenoxy) is 2. The van der Waals surface area contributed by atoms with Crippen LogP contribution in [0.3, 0.4) is 0 Å². The fraction of sp³-hybridized carbons (Fsp3) is 0.375. The zero-order valence-corrected chi connectivity index (χ0v) is 13.8. The van der Waals surface area contributed by atoms with Gasteiger partial charge in [0.2, 0.25) is 5.91 Å². The van der Waals surface area contributed by atoms with Crippen molar-refractivity contribution in [1.82, 2.24) is 10.2 Å². The number of carbonyl (C=O) groups is 2. The van der Waals surface area contributed by atoms with Crippen LogP contribution in [0.4, 0.5) is 0 Å². The number of nitrogens with one attached hydrogen (secondary N) is 1. The Kier molecular flexibility index (Phi) is 4.21. The molecule has 2 amide bonds. The summed E-state index contributed by atoms with van der Waals surface area (Å²) in [5.41, 5.74) is 1.36. The Morgan fingerprint density at radius 1 is 1.48 bits per heavy atom. The molecule has 2 aliphatic rings. The van der Waals surface area contributed by atoms with Gasteiger partial charge in [-0.1, -0.05) is 12.1 Å². The summed E-state index contributed by atoms with van der Waals surface area (Å²) >= 11 is 1.58. The summed E-state index contributed by atoms with van der Waals surface area (Å²) < 4.78 is 10.6. The Balaban J connectivity index is 1.96. The SMILES string of the molecule is C=CCNC(=O)[C@@H]1CS[C@@H]2c3ccc(OC)c(OC)c3C(=O)N21. The van der Waals surface area contributed by atoms with E-state index in [9.17, 15) is 9.59 Å². The van der Waals surface area contributed by atoms with E-state index in [1.807, 2.05) is 6.07 Å². The summed E-state index contributed by atoms with van der Waals surface area (Å²) in [6.07, 6.45) is 1.62. The van der Waals surface area contributed by atoms with E-state index in [1.165, 1.54) is 14.2 Å². The molecular weight excluding hydrogens is 316 g/mol. The smallest absolute Gasteiger partial charge is 0.260 e. The second-order valence-corrected chi connectivity index (χ2v) is 6.33. The van der Waals surface area contributed by atoms with Crippen LogP contribution in [0, 0.1) is 0 Å². The predicted octanol–water partition coefficient (Wildman–Crippen LogP) is 1.58. The zero-order valence-electron chi connectivity index (χ0n) is 13.0. The van der Waals surface area contributed by atoms with Crippen LogP contribution in [0.25, 0.3) is 0 Å². The summed E-state index contributed by atoms with van der Waals surface area (Å²) in [5, 5.41) is 2.61. The fourth-order valence-electron chi connectivity index (χ4n) is 2.98. The maximum atomic E-state index is 12.9. The highest BCUT2D eigenvalue weighted by Gasteiger charge is 2.50. The summed E-state index contributed by atoms with van der Waals surface area (Å²) in [5.74, 6) is 1.16. The molecule has 0 spiro atoms. The molecule has 0 unspecified atom stereocenters. The van der Waals surface area contributed by atoms with Crippen LogP contribution >= 0.6 is 11.8 Å². The van der Waals surface area contributed by atoms with Gasteiger partial charge < -0.3 is 19.7 Å². The van der Waals surface area contributed by atoms with Crippen molar-refractivity contribution in [2.45, 2.75) is 11.4 Å². The molecule has 3 rings (SSSR count). The van der Waals surface area contributed by atoms with Crippen molar-refractivity contribution in [3.05, 3.63) is 35.9 Å². The Morgan fingerprint density at radius 3 is 2.91 bits per heavy atom. The molecule has 1 saturated heterocycles. The van der Waals surface area contributed by atoms with Gasteiger partial charge in [0.1, 0.15) is 11.4 Å². The minimum atomic E-state index is -0.486. The third-order valence-electron chi connectivity index (χ3n) is 4.02. The molecule has 0 aliphatic carbocycles. The maximum absolute atomic E-state index is 12.9. The molecule has 23 heavy (non-hydrogen) atoms. The van der Waals surface area contributed by atoms with Gasteiger partial charge >= 0.3 is 0 Å². The van der Waals surface area contributed by atoms with Crippen molar-refractivity contribution in [2.75, 3.05) is 26.5 Å². The van der Waals surface area contributed by atoms with Gasteiger partial charge in [-0.15, -0.1) is 18.3 Å². The Hall–Kier alpha value is -2.15. The van der Waals surface area contributed by atoms with Gasteiger partial charge in [0.05, 0.1) is 19.8 Å². The van der Waals surface area contributed by atoms with Gasteiger partial charge in [-0.05, 0) is 6.07 Å². The van der Waals surface area contributed by atoms with Crippen LogP contribution in [-0.4, -0.2) is 49.3 Å². The number of fused-ring (bicyclic) bond motifs is 3. The first-order valence-electron chi connectivity index (χ1n) is 7.21. The number of hydrogen-bond acceptors (Lipinski definition) is 5. The standard InChI is InChI=1S/C16H18N2O4S/c1-4-7-17-14(19)10-8-23-16-9-5-6-11(21-2)13(22-3)12(9)15(20)18(10)16/h4-6,10,16H,1,7-8H2,2-3H3,(H,17,19)/t10-,16+/m0/s1. The van der Waals surface area contributed by atoms with Gasteiger partial charge in [-0.25, -0.2) is 0 Å². The highest BCUT2D eigenvalue weighted by Crippen LogP contribution is 2.52. The predicted molar refractivity (Wildman–Crippen MR) is 87.9 cm³/mol. The lowest BCUT2D eigenvalue weighted by atomic mass is 10.1. The fourth-order valence-corrected chi connectivity index (χ4v) is 4.44. The van der Waals surface area contributed by atoms with Gasteiger partial charge in [-0.2, -0.15) is 0 Å². The second-order valence-electron chi connectivity index (χ2n) is 5.21. The molecule has 6 nitrogen and oxygen atoms in total. The minimum absolute atomic E-state index is 0.156. The molecular formula is C16H18N2O4S. The number of carbonyl (C=O) groups excluding carboxylic acids is 2. The number of hydrogen-bond donors (Lipinski definition) is 1. The van der Waals surface area contributed by atoms with Gasteiger partial charge in [0, 0.05) is 17.9 Å². The number of amides is 2. The van der Waals surface area contributed by atoms with Crippen LogP contribution in [0.1, 0.15) is 21.3 Å². The Morgan fingerprint density at radius 2 is 2.26 bits per heavy atom. The molecule has 2 heterocycles. The van der Waals surface area contributed by atoms with E-state index in [0.717, 1.165) is 5.56 Å². The average Bonchev–Trinajstić information content (AvgIpc) is 3.12. The number of benzene rings is 1. The van der Waals surface area contributed by atoms with Crippen molar-refractivity contribution in [3.63, 3.8) is 0 Å². The van der Waals surface area contributed by atoms with Crippen molar-refractivity contribution in [3.8, 4) is 11.5 Å². The first-order chi connectivity index (χ1) is 11.1. The van der Waals surface area contributed by atoms with E-state index in [0.29, 0.717) is 29.4 Å². The first-order valence-corrected chi connectivity index (χ1v) is 8.26. The van der Waals surface area contributed by atoms with Crippen molar-refractivity contribution < 1.29 is 19.1 Å². The molecule has 1 N–H and O–H groups in total. The molecule has 1 fully saturated rings. The first kappa shape index (κ1) is 15.7. The van der Waals surface area contributed by atoms with Crippen LogP contribution in [-0.2, 0) is 4.79 Å². The third kappa shape index (κ3) is 2.35. The van der Waals surface area contributed by atoms with E-state index in [1.54, 1.807) is 28.8 Å². The van der Waals surface area contributed by atoms with E-state index < -0.39 is 6.04 Å². The molecule has 0 radical (unpaired) electrons. The normalized spacial score (nSPS) is 21.7. The zero-order chi connectivity index (χ0) is 16.6. The Labute approximate surface area is 138 Å². The van der Waals surface area contributed by atoms with E-state index in [-0.39, 0.29) is 17.2 Å². The lowest BCUT2D eigenvalue weighted by molar-refractivity contribution is -0.124. The third-order valence-corrected chi connectivity index (χ3v) is 5.32. The van der Waals surface area contributed by atoms with Crippen molar-refractivity contribution in [2.24, 2.45) is 0 Å². The lowest BCUT2D eigenvalue weighted by Gasteiger charge is -2.22. The highest BCUT2D eigenvalue weighted by atomic mass is 32.2. The van der Waals surface area contributed by atoms with Gasteiger partial charge in [-0.3, -0.25) is 9.59 Å². The van der Waals surface area contributed by atoms with E-state index >= 15 is 0 Å². The van der Waals surface area contributed by atoms with E-state index in [4.69, 9.17) is 9.47 Å². The van der Waals surface area contributed by atoms with Crippen LogP contribution in [0.5, 0.6) is 11.5 Å². The molecule has 0 aromatic heterocycles. The molecule has 2 atom stereocenters. The van der Waals surface area contributed by atoms with Crippen LogP contribution in [0.15, 0.2) is 24.8 Å². The van der Waals surface area contributed by atoms with Crippen molar-refractivity contribution in [1.29, 1.82) is 0 Å². The number of rotatable bonds is 5. The molecule has 1 aromatic carbocycles. The monoisotopic (exact) mass is 334 g/mol. The topological polar surface area (TPSA) is 67.9 Å². The lowest BCUT2D eigenvalue weighted by Crippen LogP contribution is -2.46. The quantitative estimate of drug-likeness (QED) is 0.828. The second kappa shape index (κ2) is 6.16. The Bertz CT molecular complexity index is 676. The molecule has 0 bridgehead atoms. The van der Waals surface area contributed by atoms with Crippen LogP contribution in [0.2, 0.25) is 0 Å². The number of nitrogens with zero attached hydrogens (tertiary/aromatic N) is 1. The summed E-state index contributed by atoms with van der Waals surface area (Å²) in [6, 6.07) is 3.18. The van der Waals surface area contributed by atoms with Crippen LogP contribution < -0.4 is 14.8 Å². The average molecular weight is 334 g/mol. The highest BCUT2D eigenvalue weighted by molar-refractivity contribution is 7.99. The molecule has 7 heteroatoms.